The number of hydrogen-bond donors (Lipinski definition) is 1. The summed E-state index contributed by atoms with van der Waals surface area (Å²) in [6.45, 7) is 3.13. The van der Waals surface area contributed by atoms with E-state index >= 15 is 0 Å². The number of anilines is 1. The molecule has 0 radical (unpaired) electrons. The van der Waals surface area contributed by atoms with E-state index in [-0.39, 0.29) is 6.61 Å². The molecule has 4 nitrogen and oxygen atoms in total. The molecule has 2 heterocycles. The summed E-state index contributed by atoms with van der Waals surface area (Å²) in [7, 11) is 0. The first-order valence-electron chi connectivity index (χ1n) is 6.09. The summed E-state index contributed by atoms with van der Waals surface area (Å²) >= 11 is 5.96. The molecule has 0 saturated carbocycles. The quantitative estimate of drug-likeness (QED) is 0.838. The minimum atomic E-state index is 0.258. The van der Waals surface area contributed by atoms with Crippen molar-refractivity contribution in [1.82, 2.24) is 9.97 Å². The topological polar surface area (TPSA) is 49.2 Å². The van der Waals surface area contributed by atoms with Crippen molar-refractivity contribution in [2.24, 2.45) is 0 Å². The van der Waals surface area contributed by atoms with Crippen molar-refractivity contribution >= 4 is 17.4 Å². The molecule has 1 aliphatic heterocycles. The Labute approximate surface area is 107 Å². The average Bonchev–Trinajstić information content (AvgIpc) is 2.73. The molecular formula is C12H18ClN3O. The number of nitrogens with zero attached hydrogens (tertiary/aromatic N) is 3. The molecule has 94 valence electrons. The van der Waals surface area contributed by atoms with Gasteiger partial charge < -0.3 is 10.0 Å². The van der Waals surface area contributed by atoms with Gasteiger partial charge in [0.25, 0.3) is 0 Å². The van der Waals surface area contributed by atoms with E-state index in [1.807, 2.05) is 13.0 Å². The van der Waals surface area contributed by atoms with E-state index in [0.29, 0.717) is 17.0 Å². The van der Waals surface area contributed by atoms with Gasteiger partial charge in [0.2, 0.25) is 0 Å². The minimum absolute atomic E-state index is 0.258. The second-order valence-corrected chi connectivity index (χ2v) is 4.84. The zero-order chi connectivity index (χ0) is 12.3. The van der Waals surface area contributed by atoms with E-state index in [2.05, 4.69) is 14.9 Å². The molecule has 1 N–H and O–H groups in total. The van der Waals surface area contributed by atoms with Gasteiger partial charge in [-0.2, -0.15) is 0 Å². The lowest BCUT2D eigenvalue weighted by atomic mass is 10.1. The Morgan fingerprint density at radius 3 is 3.06 bits per heavy atom. The van der Waals surface area contributed by atoms with Crippen LogP contribution in [0.25, 0.3) is 0 Å². The molecule has 1 unspecified atom stereocenters. The molecular weight excluding hydrogens is 238 g/mol. The van der Waals surface area contributed by atoms with Gasteiger partial charge in [-0.1, -0.05) is 11.6 Å². The second-order valence-electron chi connectivity index (χ2n) is 4.45. The van der Waals surface area contributed by atoms with Gasteiger partial charge in [-0.3, -0.25) is 0 Å². The highest BCUT2D eigenvalue weighted by atomic mass is 35.5. The lowest BCUT2D eigenvalue weighted by Gasteiger charge is -2.25. The van der Waals surface area contributed by atoms with Crippen LogP contribution in [-0.2, 0) is 0 Å². The number of aliphatic hydroxyl groups is 1. The van der Waals surface area contributed by atoms with Gasteiger partial charge in [-0.25, -0.2) is 9.97 Å². The fourth-order valence-corrected chi connectivity index (χ4v) is 2.65. The van der Waals surface area contributed by atoms with Crippen molar-refractivity contribution in [1.29, 1.82) is 0 Å². The second kappa shape index (κ2) is 5.65. The van der Waals surface area contributed by atoms with Crippen molar-refractivity contribution in [2.75, 3.05) is 18.1 Å². The molecule has 0 bridgehead atoms. The van der Waals surface area contributed by atoms with Crippen LogP contribution < -0.4 is 4.90 Å². The number of aliphatic hydroxyl groups excluding tert-OH is 1. The molecule has 0 amide bonds. The van der Waals surface area contributed by atoms with Crippen molar-refractivity contribution in [3.8, 4) is 0 Å². The standard InChI is InChI=1S/C12H18ClN3O/c1-9-14-11(13)8-12(15-9)16-6-2-4-10(16)5-3-7-17/h8,10,17H,2-7H2,1H3. The van der Waals surface area contributed by atoms with Crippen molar-refractivity contribution < 1.29 is 5.11 Å². The molecule has 17 heavy (non-hydrogen) atoms. The third-order valence-electron chi connectivity index (χ3n) is 3.16. The smallest absolute Gasteiger partial charge is 0.134 e. The lowest BCUT2D eigenvalue weighted by Crippen LogP contribution is -2.30. The van der Waals surface area contributed by atoms with E-state index in [1.165, 1.54) is 12.8 Å². The van der Waals surface area contributed by atoms with E-state index in [4.69, 9.17) is 16.7 Å². The lowest BCUT2D eigenvalue weighted by molar-refractivity contribution is 0.279. The highest BCUT2D eigenvalue weighted by molar-refractivity contribution is 6.29. The summed E-state index contributed by atoms with van der Waals surface area (Å²) in [6, 6.07) is 2.30. The molecule has 5 heteroatoms. The van der Waals surface area contributed by atoms with Gasteiger partial charge in [0.15, 0.2) is 0 Å². The van der Waals surface area contributed by atoms with E-state index in [1.54, 1.807) is 0 Å². The Morgan fingerprint density at radius 2 is 2.35 bits per heavy atom. The maximum atomic E-state index is 8.91. The first-order chi connectivity index (χ1) is 8.20. The van der Waals surface area contributed by atoms with Gasteiger partial charge in [0.05, 0.1) is 0 Å². The van der Waals surface area contributed by atoms with Gasteiger partial charge in [-0.05, 0) is 32.6 Å². The normalized spacial score (nSPS) is 19.9. The third-order valence-corrected chi connectivity index (χ3v) is 3.35. The van der Waals surface area contributed by atoms with Gasteiger partial charge >= 0.3 is 0 Å². The molecule has 1 aromatic heterocycles. The molecule has 0 spiro atoms. The van der Waals surface area contributed by atoms with E-state index < -0.39 is 0 Å². The van der Waals surface area contributed by atoms with Crippen LogP contribution in [0.1, 0.15) is 31.5 Å². The van der Waals surface area contributed by atoms with Gasteiger partial charge in [-0.15, -0.1) is 0 Å². The molecule has 0 aliphatic carbocycles. The van der Waals surface area contributed by atoms with E-state index in [9.17, 15) is 0 Å². The Kier molecular flexibility index (Phi) is 4.18. The van der Waals surface area contributed by atoms with Crippen LogP contribution in [0.5, 0.6) is 0 Å². The van der Waals surface area contributed by atoms with Crippen LogP contribution in [0.15, 0.2) is 6.07 Å². The number of halogens is 1. The number of aromatic nitrogens is 2. The van der Waals surface area contributed by atoms with Crippen LogP contribution in [-0.4, -0.2) is 34.3 Å². The zero-order valence-corrected chi connectivity index (χ0v) is 10.8. The monoisotopic (exact) mass is 255 g/mol. The van der Waals surface area contributed by atoms with Crippen molar-refractivity contribution in [2.45, 2.75) is 38.6 Å². The molecule has 1 saturated heterocycles. The van der Waals surface area contributed by atoms with Crippen LogP contribution >= 0.6 is 11.6 Å². The molecule has 2 rings (SSSR count). The first-order valence-corrected chi connectivity index (χ1v) is 6.47. The summed E-state index contributed by atoms with van der Waals surface area (Å²) in [5.74, 6) is 1.63. The Bertz CT molecular complexity index is 366. The van der Waals surface area contributed by atoms with Crippen LogP contribution in [0.3, 0.4) is 0 Å². The zero-order valence-electron chi connectivity index (χ0n) is 10.1. The van der Waals surface area contributed by atoms with Crippen molar-refractivity contribution in [3.63, 3.8) is 0 Å². The fraction of sp³-hybridized carbons (Fsp3) is 0.667. The fourth-order valence-electron chi connectivity index (χ4n) is 2.43. The highest BCUT2D eigenvalue weighted by Crippen LogP contribution is 2.27. The predicted molar refractivity (Wildman–Crippen MR) is 68.5 cm³/mol. The van der Waals surface area contributed by atoms with Gasteiger partial charge in [0.1, 0.15) is 16.8 Å². The Balaban J connectivity index is 2.14. The van der Waals surface area contributed by atoms with Crippen molar-refractivity contribution in [3.05, 3.63) is 17.0 Å². The molecule has 0 aromatic carbocycles. The maximum absolute atomic E-state index is 8.91. The van der Waals surface area contributed by atoms with E-state index in [0.717, 1.165) is 25.2 Å². The Hall–Kier alpha value is -0.870. The van der Waals surface area contributed by atoms with Crippen LogP contribution in [0.2, 0.25) is 5.15 Å². The average molecular weight is 256 g/mol. The number of rotatable bonds is 4. The minimum Gasteiger partial charge on any atom is -0.396 e. The predicted octanol–water partition coefficient (Wildman–Crippen LogP) is 2.18. The van der Waals surface area contributed by atoms with Gasteiger partial charge in [0, 0.05) is 25.3 Å². The molecule has 1 aromatic rings. The Morgan fingerprint density at radius 1 is 1.53 bits per heavy atom. The maximum Gasteiger partial charge on any atom is 0.134 e. The first kappa shape index (κ1) is 12.6. The SMILES string of the molecule is Cc1nc(Cl)cc(N2CCCC2CCCO)n1. The third kappa shape index (κ3) is 3.07. The summed E-state index contributed by atoms with van der Waals surface area (Å²) in [6.07, 6.45) is 4.20. The summed E-state index contributed by atoms with van der Waals surface area (Å²) < 4.78 is 0. The largest absolute Gasteiger partial charge is 0.396 e. The number of hydrogen-bond acceptors (Lipinski definition) is 4. The number of aryl methyl sites for hydroxylation is 1. The highest BCUT2D eigenvalue weighted by Gasteiger charge is 2.25. The van der Waals surface area contributed by atoms with Crippen LogP contribution in [0.4, 0.5) is 5.82 Å². The van der Waals surface area contributed by atoms with Crippen LogP contribution in [0, 0.1) is 6.92 Å². The molecule has 1 aliphatic rings. The molecule has 1 atom stereocenters. The molecule has 1 fully saturated rings. The summed E-state index contributed by atoms with van der Waals surface area (Å²) in [4.78, 5) is 10.8. The summed E-state index contributed by atoms with van der Waals surface area (Å²) in [5, 5.41) is 9.41. The summed E-state index contributed by atoms with van der Waals surface area (Å²) in [5.41, 5.74) is 0.